The molecule has 0 aromatic carbocycles. The molecule has 0 aliphatic heterocycles. The van der Waals surface area contributed by atoms with E-state index in [4.69, 9.17) is 18.5 Å². The Kier molecular flexibility index (Phi) is 36.2. The van der Waals surface area contributed by atoms with Gasteiger partial charge in [-0.15, -0.1) is 0 Å². The first kappa shape index (κ1) is 53.0. The number of esters is 2. The molecule has 10 heteroatoms. The Hall–Kier alpha value is -2.03. The summed E-state index contributed by atoms with van der Waals surface area (Å²) in [5.41, 5.74) is 0. The highest BCUT2D eigenvalue weighted by Gasteiger charge is 2.27. The highest BCUT2D eigenvalue weighted by Crippen LogP contribution is 2.43. The maximum atomic E-state index is 12.6. The molecule has 0 saturated heterocycles. The molecule has 0 saturated carbocycles. The van der Waals surface area contributed by atoms with Gasteiger partial charge in [0.1, 0.15) is 19.8 Å². The number of ether oxygens (including phenoxy) is 2. The van der Waals surface area contributed by atoms with Crippen molar-refractivity contribution < 1.29 is 42.1 Å². The van der Waals surface area contributed by atoms with Gasteiger partial charge >= 0.3 is 19.8 Å². The van der Waals surface area contributed by atoms with Crippen LogP contribution >= 0.6 is 7.82 Å². The van der Waals surface area contributed by atoms with Crippen LogP contribution < -0.4 is 0 Å². The highest BCUT2D eigenvalue weighted by atomic mass is 31.2. The van der Waals surface area contributed by atoms with E-state index in [2.05, 4.69) is 62.5 Å². The van der Waals surface area contributed by atoms with Crippen molar-refractivity contribution in [2.45, 2.75) is 180 Å². The van der Waals surface area contributed by atoms with Gasteiger partial charge in [-0.25, -0.2) is 4.57 Å². The zero-order valence-electron chi connectivity index (χ0n) is 35.9. The number of carbonyl (C=O) groups excluding carboxylic acids is 2. The molecule has 0 radical (unpaired) electrons. The van der Waals surface area contributed by atoms with Crippen LogP contribution in [-0.2, 0) is 32.7 Å². The standard InChI is InChI=1S/C45H82NO8P/c1-6-8-10-12-14-16-18-20-21-22-23-24-26-27-29-31-33-35-37-44(47)51-41-43(42-53-55(49,50)52-40-39-46(3,4)5)54-45(48)38-36-34-32-30-28-25-19-17-15-13-11-9-7-2/h9,11,15,17,21-22,25,28,43H,6-8,10,12-14,16,18-20,23-24,26-27,29-42H2,1-5H3/p+1/b11-9-,17-15-,22-21-,28-25-. The molecule has 9 nitrogen and oxygen atoms in total. The number of likely N-dealkylation sites (N-methyl/N-ethyl adjacent to an activating group) is 1. The minimum Gasteiger partial charge on any atom is -0.462 e. The van der Waals surface area contributed by atoms with E-state index in [0.717, 1.165) is 70.6 Å². The smallest absolute Gasteiger partial charge is 0.462 e. The summed E-state index contributed by atoms with van der Waals surface area (Å²) in [7, 11) is 1.45. The van der Waals surface area contributed by atoms with Crippen LogP contribution in [0.2, 0.25) is 0 Å². The van der Waals surface area contributed by atoms with E-state index < -0.39 is 26.5 Å². The number of nitrogens with zero attached hydrogens (tertiary/aromatic N) is 1. The number of hydrogen-bond donors (Lipinski definition) is 1. The zero-order chi connectivity index (χ0) is 40.7. The fourth-order valence-corrected chi connectivity index (χ4v) is 6.41. The summed E-state index contributed by atoms with van der Waals surface area (Å²) in [6, 6.07) is 0. The van der Waals surface area contributed by atoms with E-state index in [-0.39, 0.29) is 32.0 Å². The molecule has 0 amide bonds. The van der Waals surface area contributed by atoms with Gasteiger partial charge in [-0.1, -0.05) is 140 Å². The Morgan fingerprint density at radius 1 is 0.582 bits per heavy atom. The van der Waals surface area contributed by atoms with Crippen LogP contribution in [0.15, 0.2) is 48.6 Å². The average molecular weight is 797 g/mol. The summed E-state index contributed by atoms with van der Waals surface area (Å²) < 4.78 is 34.2. The van der Waals surface area contributed by atoms with E-state index in [1.807, 2.05) is 21.1 Å². The number of unbranched alkanes of at least 4 members (excludes halogenated alkanes) is 17. The molecular weight excluding hydrogens is 713 g/mol. The lowest BCUT2D eigenvalue weighted by atomic mass is 10.1. The normalized spacial score (nSPS) is 14.1. The highest BCUT2D eigenvalue weighted by molar-refractivity contribution is 7.47. The van der Waals surface area contributed by atoms with E-state index >= 15 is 0 Å². The van der Waals surface area contributed by atoms with Crippen LogP contribution in [0, 0.1) is 0 Å². The van der Waals surface area contributed by atoms with Crippen molar-refractivity contribution in [1.29, 1.82) is 0 Å². The molecular formula is C45H83NO8P+. The third kappa shape index (κ3) is 41.4. The third-order valence-electron chi connectivity index (χ3n) is 9.09. The van der Waals surface area contributed by atoms with Gasteiger partial charge in [-0.05, 0) is 70.6 Å². The van der Waals surface area contributed by atoms with Gasteiger partial charge in [-0.2, -0.15) is 0 Å². The Balaban J connectivity index is 4.37. The van der Waals surface area contributed by atoms with Crippen molar-refractivity contribution in [2.24, 2.45) is 0 Å². The minimum absolute atomic E-state index is 0.0238. The Labute approximate surface area is 337 Å². The molecule has 1 N–H and O–H groups in total. The van der Waals surface area contributed by atoms with Crippen LogP contribution in [0.5, 0.6) is 0 Å². The van der Waals surface area contributed by atoms with Crippen LogP contribution in [0.25, 0.3) is 0 Å². The largest absolute Gasteiger partial charge is 0.472 e. The summed E-state index contributed by atoms with van der Waals surface area (Å²) in [6.07, 6.45) is 43.1. The van der Waals surface area contributed by atoms with E-state index in [1.54, 1.807) is 0 Å². The second kappa shape index (κ2) is 37.5. The molecule has 320 valence electrons. The van der Waals surface area contributed by atoms with E-state index in [0.29, 0.717) is 17.4 Å². The van der Waals surface area contributed by atoms with Crippen LogP contribution in [0.1, 0.15) is 174 Å². The lowest BCUT2D eigenvalue weighted by Gasteiger charge is -2.24. The molecule has 0 spiro atoms. The van der Waals surface area contributed by atoms with Crippen LogP contribution in [-0.4, -0.2) is 74.9 Å². The van der Waals surface area contributed by atoms with Crippen molar-refractivity contribution in [1.82, 2.24) is 0 Å². The third-order valence-corrected chi connectivity index (χ3v) is 10.1. The predicted molar refractivity (Wildman–Crippen MR) is 229 cm³/mol. The molecule has 0 rings (SSSR count). The van der Waals surface area contributed by atoms with Crippen molar-refractivity contribution >= 4 is 19.8 Å². The van der Waals surface area contributed by atoms with Gasteiger partial charge in [0, 0.05) is 12.8 Å². The number of rotatable bonds is 39. The van der Waals surface area contributed by atoms with Gasteiger partial charge in [0.2, 0.25) is 0 Å². The molecule has 0 aromatic rings. The monoisotopic (exact) mass is 797 g/mol. The molecule has 0 fully saturated rings. The minimum atomic E-state index is -4.38. The second-order valence-corrected chi connectivity index (χ2v) is 17.1. The Morgan fingerprint density at radius 3 is 1.58 bits per heavy atom. The van der Waals surface area contributed by atoms with Crippen molar-refractivity contribution in [3.63, 3.8) is 0 Å². The van der Waals surface area contributed by atoms with Crippen molar-refractivity contribution in [3.05, 3.63) is 48.6 Å². The number of phosphoric ester groups is 1. The molecule has 2 atom stereocenters. The maximum absolute atomic E-state index is 12.6. The topological polar surface area (TPSA) is 108 Å². The summed E-state index contributed by atoms with van der Waals surface area (Å²) in [4.78, 5) is 35.3. The lowest BCUT2D eigenvalue weighted by molar-refractivity contribution is -0.870. The maximum Gasteiger partial charge on any atom is 0.472 e. The number of hydrogen-bond acceptors (Lipinski definition) is 7. The summed E-state index contributed by atoms with van der Waals surface area (Å²) in [5.74, 6) is -0.840. The van der Waals surface area contributed by atoms with Crippen LogP contribution in [0.4, 0.5) is 0 Å². The quantitative estimate of drug-likeness (QED) is 0.0215. The average Bonchev–Trinajstić information content (AvgIpc) is 3.13. The lowest BCUT2D eigenvalue weighted by Crippen LogP contribution is -2.37. The fourth-order valence-electron chi connectivity index (χ4n) is 5.67. The molecule has 0 heterocycles. The molecule has 2 unspecified atom stereocenters. The fraction of sp³-hybridized carbons (Fsp3) is 0.778. The summed E-state index contributed by atoms with van der Waals surface area (Å²) in [5, 5.41) is 0. The zero-order valence-corrected chi connectivity index (χ0v) is 36.8. The first-order chi connectivity index (χ1) is 26.5. The van der Waals surface area contributed by atoms with Gasteiger partial charge in [0.15, 0.2) is 6.10 Å². The SMILES string of the molecule is CC/C=C\C/C=C\C/C=C\CCCCCC(=O)OC(COC(=O)CCCCCCCCC/C=C\CCCCCCCCC)COP(=O)(O)OCC[N+](C)(C)C. The number of carbonyl (C=O) groups is 2. The molecule has 0 aliphatic carbocycles. The van der Waals surface area contributed by atoms with Gasteiger partial charge < -0.3 is 18.9 Å². The van der Waals surface area contributed by atoms with Crippen LogP contribution in [0.3, 0.4) is 0 Å². The second-order valence-electron chi connectivity index (χ2n) is 15.7. The van der Waals surface area contributed by atoms with Gasteiger partial charge in [0.05, 0.1) is 27.7 Å². The van der Waals surface area contributed by atoms with Crippen molar-refractivity contribution in [2.75, 3.05) is 47.5 Å². The van der Waals surface area contributed by atoms with Crippen molar-refractivity contribution in [3.8, 4) is 0 Å². The summed E-state index contributed by atoms with van der Waals surface area (Å²) >= 11 is 0. The number of allylic oxidation sites excluding steroid dienone is 8. The van der Waals surface area contributed by atoms with Gasteiger partial charge in [-0.3, -0.25) is 18.6 Å². The first-order valence-electron chi connectivity index (χ1n) is 21.9. The predicted octanol–water partition coefficient (Wildman–Crippen LogP) is 12.3. The molecule has 55 heavy (non-hydrogen) atoms. The molecule has 0 bridgehead atoms. The number of quaternary nitrogens is 1. The number of phosphoric acid groups is 1. The molecule has 0 aromatic heterocycles. The van der Waals surface area contributed by atoms with E-state index in [9.17, 15) is 19.0 Å². The Bertz CT molecular complexity index is 1080. The first-order valence-corrected chi connectivity index (χ1v) is 23.4. The van der Waals surface area contributed by atoms with E-state index in [1.165, 1.54) is 70.6 Å². The summed E-state index contributed by atoms with van der Waals surface area (Å²) in [6.45, 7) is 4.26. The molecule has 0 aliphatic rings. The van der Waals surface area contributed by atoms with Gasteiger partial charge in [0.25, 0.3) is 0 Å². The Morgan fingerprint density at radius 2 is 1.04 bits per heavy atom.